The predicted octanol–water partition coefficient (Wildman–Crippen LogP) is 8.27. The van der Waals surface area contributed by atoms with Crippen LogP contribution in [0.5, 0.6) is 0 Å². The fraction of sp³-hybridized carbons (Fsp3) is 0.250. The molecule has 3 aliphatic rings. The molecule has 0 nitrogen and oxygen atoms in total. The maximum absolute atomic E-state index is 4.73. The van der Waals surface area contributed by atoms with E-state index in [4.69, 9.17) is 15.5 Å². The first-order chi connectivity index (χ1) is 16.6. The first-order valence-corrected chi connectivity index (χ1v) is 17.4. The Morgan fingerprint density at radius 3 is 1.65 bits per heavy atom. The summed E-state index contributed by atoms with van der Waals surface area (Å²) >= 11 is 4.73. The van der Waals surface area contributed by atoms with Gasteiger partial charge < -0.3 is 0 Å². The van der Waals surface area contributed by atoms with Crippen molar-refractivity contribution < 1.29 is 0 Å². The molecule has 0 atom stereocenters. The molecule has 0 fully saturated rings. The number of rotatable bonds is 3. The number of aryl methyl sites for hydroxylation is 2. The molecule has 1 heterocycles. The van der Waals surface area contributed by atoms with Crippen LogP contribution in [0.15, 0.2) is 97.1 Å². The Bertz CT molecular complexity index is 1340. The molecule has 0 saturated carbocycles. The quantitative estimate of drug-likeness (QED) is 0.236. The van der Waals surface area contributed by atoms with Crippen molar-refractivity contribution in [2.24, 2.45) is 0 Å². The number of hydrogen-bond acceptors (Lipinski definition) is 0. The van der Waals surface area contributed by atoms with Crippen LogP contribution < -0.4 is 5.30 Å². The monoisotopic (exact) mass is 524 g/mol. The SMILES string of the molecule is BrP1(Cc2ccccc2)(c2ccccc2)Cc2cccc3c2C2(CC3)CCc3cccc(c32)C1. The molecule has 1 spiro atoms. The summed E-state index contributed by atoms with van der Waals surface area (Å²) < 4.78 is 0. The summed E-state index contributed by atoms with van der Waals surface area (Å²) in [6, 6.07) is 37.1. The van der Waals surface area contributed by atoms with Crippen LogP contribution in [0.1, 0.15) is 51.8 Å². The van der Waals surface area contributed by atoms with Gasteiger partial charge in [-0.15, -0.1) is 0 Å². The van der Waals surface area contributed by atoms with E-state index in [1.807, 2.05) is 0 Å². The topological polar surface area (TPSA) is 0 Å². The maximum atomic E-state index is 4.73. The fourth-order valence-electron chi connectivity index (χ4n) is 7.69. The van der Waals surface area contributed by atoms with Crippen molar-refractivity contribution in [1.82, 2.24) is 0 Å². The molecule has 4 aromatic rings. The van der Waals surface area contributed by atoms with Gasteiger partial charge in [-0.05, 0) is 0 Å². The third kappa shape index (κ3) is 2.93. The van der Waals surface area contributed by atoms with Crippen molar-refractivity contribution in [2.45, 2.75) is 49.6 Å². The molecule has 4 aromatic carbocycles. The average molecular weight is 525 g/mol. The summed E-state index contributed by atoms with van der Waals surface area (Å²) in [7, 11) is 0. The Hall–Kier alpha value is -2.21. The zero-order valence-electron chi connectivity index (χ0n) is 19.5. The second kappa shape index (κ2) is 7.39. The van der Waals surface area contributed by atoms with Gasteiger partial charge in [0, 0.05) is 0 Å². The molecular formula is C32H30BrP. The van der Waals surface area contributed by atoms with Gasteiger partial charge in [0.05, 0.1) is 0 Å². The van der Waals surface area contributed by atoms with Crippen LogP contribution in [0.4, 0.5) is 0 Å². The Balaban J connectivity index is 1.56. The molecular weight excluding hydrogens is 495 g/mol. The minimum atomic E-state index is -2.64. The van der Waals surface area contributed by atoms with E-state index >= 15 is 0 Å². The van der Waals surface area contributed by atoms with E-state index < -0.39 is 5.31 Å². The summed E-state index contributed by atoms with van der Waals surface area (Å²) in [6.45, 7) is 0. The molecule has 0 bridgehead atoms. The van der Waals surface area contributed by atoms with E-state index in [-0.39, 0.29) is 5.41 Å². The van der Waals surface area contributed by atoms with Crippen molar-refractivity contribution in [3.8, 4) is 0 Å². The molecule has 0 N–H and O–H groups in total. The molecule has 0 aromatic heterocycles. The molecule has 1 aliphatic heterocycles. The second-order valence-electron chi connectivity index (χ2n) is 10.9. The summed E-state index contributed by atoms with van der Waals surface area (Å²) in [4.78, 5) is 0. The average Bonchev–Trinajstić information content (AvgIpc) is 3.43. The Kier molecular flexibility index (Phi) is 4.59. The summed E-state index contributed by atoms with van der Waals surface area (Å²) in [5, 5.41) is -1.13. The minimum absolute atomic E-state index is 0.240. The molecule has 0 unspecified atom stereocenters. The van der Waals surface area contributed by atoms with E-state index in [1.165, 1.54) is 36.6 Å². The van der Waals surface area contributed by atoms with Crippen molar-refractivity contribution in [3.63, 3.8) is 0 Å². The van der Waals surface area contributed by atoms with E-state index in [1.54, 1.807) is 33.4 Å². The van der Waals surface area contributed by atoms with Crippen LogP contribution in [0.2, 0.25) is 0 Å². The summed E-state index contributed by atoms with van der Waals surface area (Å²) in [5.41, 5.74) is 11.5. The fourth-order valence-corrected chi connectivity index (χ4v) is 15.8. The summed E-state index contributed by atoms with van der Waals surface area (Å²) in [6.07, 6.45) is 8.34. The molecule has 0 saturated heterocycles. The number of halogens is 1. The molecule has 34 heavy (non-hydrogen) atoms. The third-order valence-corrected chi connectivity index (χ3v) is 17.2. The standard InChI is InChI=1S/C32H30BrP/c33-34(29-15-5-2-6-16-29,21-24-9-3-1-4-10-24)22-27-13-7-11-25-17-19-32(30(25)27)20-18-26-12-8-14-28(23-34)31(26)32/h1-16H,17-23H2. The van der Waals surface area contributed by atoms with Gasteiger partial charge in [-0.1, -0.05) is 0 Å². The number of benzene rings is 4. The van der Waals surface area contributed by atoms with Crippen LogP contribution in [-0.4, -0.2) is 0 Å². The van der Waals surface area contributed by atoms with Crippen LogP contribution >= 0.6 is 20.8 Å². The predicted molar refractivity (Wildman–Crippen MR) is 150 cm³/mol. The van der Waals surface area contributed by atoms with E-state index in [2.05, 4.69) is 97.1 Å². The van der Waals surface area contributed by atoms with E-state index in [0.29, 0.717) is 0 Å². The van der Waals surface area contributed by atoms with E-state index in [0.717, 1.165) is 18.5 Å². The number of hydrogen-bond donors (Lipinski definition) is 0. The Morgan fingerprint density at radius 1 is 0.588 bits per heavy atom. The Morgan fingerprint density at radius 2 is 1.09 bits per heavy atom. The third-order valence-electron chi connectivity index (χ3n) is 8.93. The van der Waals surface area contributed by atoms with Crippen molar-refractivity contribution in [1.29, 1.82) is 0 Å². The first kappa shape index (κ1) is 21.1. The van der Waals surface area contributed by atoms with Crippen LogP contribution in [0.3, 0.4) is 0 Å². The molecule has 2 heteroatoms. The molecule has 7 rings (SSSR count). The van der Waals surface area contributed by atoms with Crippen molar-refractivity contribution in [3.05, 3.63) is 136 Å². The first-order valence-electron chi connectivity index (χ1n) is 12.6. The van der Waals surface area contributed by atoms with Gasteiger partial charge >= 0.3 is 212 Å². The van der Waals surface area contributed by atoms with Gasteiger partial charge in [-0.3, -0.25) is 0 Å². The second-order valence-corrected chi connectivity index (χ2v) is 21.1. The normalized spacial score (nSPS) is 21.4. The Labute approximate surface area is 211 Å². The zero-order chi connectivity index (χ0) is 22.8. The van der Waals surface area contributed by atoms with Gasteiger partial charge in [0.2, 0.25) is 0 Å². The van der Waals surface area contributed by atoms with Gasteiger partial charge in [0.1, 0.15) is 0 Å². The van der Waals surface area contributed by atoms with Crippen molar-refractivity contribution in [2.75, 3.05) is 0 Å². The van der Waals surface area contributed by atoms with Gasteiger partial charge in [-0.25, -0.2) is 0 Å². The molecule has 0 radical (unpaired) electrons. The van der Waals surface area contributed by atoms with Crippen molar-refractivity contribution >= 4 is 26.1 Å². The molecule has 0 amide bonds. The van der Waals surface area contributed by atoms with Gasteiger partial charge in [0.25, 0.3) is 0 Å². The van der Waals surface area contributed by atoms with E-state index in [9.17, 15) is 0 Å². The summed E-state index contributed by atoms with van der Waals surface area (Å²) in [5.74, 6) is 0. The van der Waals surface area contributed by atoms with Gasteiger partial charge in [-0.2, -0.15) is 0 Å². The molecule has 170 valence electrons. The van der Waals surface area contributed by atoms with Crippen LogP contribution in [0, 0.1) is 0 Å². The van der Waals surface area contributed by atoms with Crippen LogP contribution in [-0.2, 0) is 36.7 Å². The van der Waals surface area contributed by atoms with Crippen LogP contribution in [0.25, 0.3) is 0 Å². The molecule has 2 aliphatic carbocycles. The van der Waals surface area contributed by atoms with Gasteiger partial charge in [0.15, 0.2) is 0 Å². The zero-order valence-corrected chi connectivity index (χ0v) is 22.0.